The second kappa shape index (κ2) is 7.31. The number of nitrogens with one attached hydrogen (secondary N) is 1. The summed E-state index contributed by atoms with van der Waals surface area (Å²) in [5, 5.41) is 2.93. The van der Waals surface area contributed by atoms with Gasteiger partial charge in [0.1, 0.15) is 5.52 Å². The normalized spacial score (nSPS) is 11.2. The SMILES string of the molecule is Cc1ccc(NC(=O)CCCn2c(=O)c3cccn3c3cccnc32)cc1C. The number of aryl methyl sites for hydroxylation is 3. The molecule has 0 aliphatic heterocycles. The highest BCUT2D eigenvalue weighted by molar-refractivity contribution is 5.90. The van der Waals surface area contributed by atoms with E-state index in [0.717, 1.165) is 16.8 Å². The molecular formula is C22H22N4O2. The Labute approximate surface area is 162 Å². The molecule has 1 N–H and O–H groups in total. The van der Waals surface area contributed by atoms with Gasteiger partial charge in [-0.25, -0.2) is 4.98 Å². The molecule has 142 valence electrons. The first-order valence-corrected chi connectivity index (χ1v) is 9.36. The summed E-state index contributed by atoms with van der Waals surface area (Å²) in [5.41, 5.74) is 5.16. The Morgan fingerprint density at radius 1 is 1.07 bits per heavy atom. The van der Waals surface area contributed by atoms with Crippen molar-refractivity contribution in [2.75, 3.05) is 5.32 Å². The van der Waals surface area contributed by atoms with Gasteiger partial charge in [0.15, 0.2) is 5.65 Å². The number of pyridine rings is 1. The Balaban J connectivity index is 1.51. The molecule has 1 aromatic carbocycles. The number of benzene rings is 1. The Kier molecular flexibility index (Phi) is 4.69. The molecule has 0 aliphatic carbocycles. The van der Waals surface area contributed by atoms with Crippen LogP contribution in [-0.4, -0.2) is 19.9 Å². The summed E-state index contributed by atoms with van der Waals surface area (Å²) in [6.45, 7) is 4.50. The Morgan fingerprint density at radius 3 is 2.71 bits per heavy atom. The van der Waals surface area contributed by atoms with E-state index in [1.807, 2.05) is 60.8 Å². The van der Waals surface area contributed by atoms with Crippen LogP contribution in [0.1, 0.15) is 24.0 Å². The number of anilines is 1. The average Bonchev–Trinajstić information content (AvgIpc) is 3.18. The molecule has 0 spiro atoms. The number of carbonyl (C=O) groups is 1. The zero-order valence-electron chi connectivity index (χ0n) is 16.0. The van der Waals surface area contributed by atoms with Crippen LogP contribution in [-0.2, 0) is 11.3 Å². The highest BCUT2D eigenvalue weighted by Gasteiger charge is 2.12. The lowest BCUT2D eigenvalue weighted by molar-refractivity contribution is -0.116. The lowest BCUT2D eigenvalue weighted by Crippen LogP contribution is -2.24. The lowest BCUT2D eigenvalue weighted by Gasteiger charge is -2.12. The summed E-state index contributed by atoms with van der Waals surface area (Å²) in [6.07, 6.45) is 4.43. The van der Waals surface area contributed by atoms with Crippen molar-refractivity contribution in [1.29, 1.82) is 0 Å². The molecule has 28 heavy (non-hydrogen) atoms. The molecule has 0 radical (unpaired) electrons. The van der Waals surface area contributed by atoms with E-state index < -0.39 is 0 Å². The fourth-order valence-electron chi connectivity index (χ4n) is 3.43. The molecule has 6 nitrogen and oxygen atoms in total. The summed E-state index contributed by atoms with van der Waals surface area (Å²) in [7, 11) is 0. The van der Waals surface area contributed by atoms with Crippen molar-refractivity contribution in [2.24, 2.45) is 0 Å². The van der Waals surface area contributed by atoms with Crippen LogP contribution in [0.15, 0.2) is 59.7 Å². The number of carbonyl (C=O) groups excluding carboxylic acids is 1. The minimum atomic E-state index is -0.0919. The average molecular weight is 374 g/mol. The van der Waals surface area contributed by atoms with E-state index in [0.29, 0.717) is 30.6 Å². The molecule has 0 aliphatic rings. The maximum Gasteiger partial charge on any atom is 0.276 e. The van der Waals surface area contributed by atoms with Crippen molar-refractivity contribution in [3.05, 3.63) is 76.3 Å². The van der Waals surface area contributed by atoms with E-state index in [9.17, 15) is 9.59 Å². The van der Waals surface area contributed by atoms with Gasteiger partial charge in [0.05, 0.1) is 5.52 Å². The third-order valence-electron chi connectivity index (χ3n) is 5.07. The van der Waals surface area contributed by atoms with Gasteiger partial charge in [0.2, 0.25) is 5.91 Å². The van der Waals surface area contributed by atoms with Gasteiger partial charge < -0.3 is 9.72 Å². The van der Waals surface area contributed by atoms with Crippen LogP contribution in [0.4, 0.5) is 5.69 Å². The predicted octanol–water partition coefficient (Wildman–Crippen LogP) is 3.68. The van der Waals surface area contributed by atoms with E-state index in [-0.39, 0.29) is 11.5 Å². The van der Waals surface area contributed by atoms with Crippen LogP contribution in [0.5, 0.6) is 0 Å². The maximum atomic E-state index is 12.8. The third kappa shape index (κ3) is 3.29. The molecule has 3 aromatic heterocycles. The molecule has 0 fully saturated rings. The van der Waals surface area contributed by atoms with Gasteiger partial charge in [-0.2, -0.15) is 0 Å². The van der Waals surface area contributed by atoms with Crippen molar-refractivity contribution in [3.8, 4) is 0 Å². The van der Waals surface area contributed by atoms with Crippen molar-refractivity contribution in [3.63, 3.8) is 0 Å². The summed E-state index contributed by atoms with van der Waals surface area (Å²) in [4.78, 5) is 29.5. The molecular weight excluding hydrogens is 352 g/mol. The van der Waals surface area contributed by atoms with Gasteiger partial charge in [0.25, 0.3) is 5.56 Å². The molecule has 0 saturated heterocycles. The van der Waals surface area contributed by atoms with Gasteiger partial charge in [-0.15, -0.1) is 0 Å². The minimum Gasteiger partial charge on any atom is -0.326 e. The molecule has 1 amide bonds. The minimum absolute atomic E-state index is 0.0580. The zero-order chi connectivity index (χ0) is 19.7. The van der Waals surface area contributed by atoms with E-state index in [4.69, 9.17) is 0 Å². The second-order valence-corrected chi connectivity index (χ2v) is 7.02. The van der Waals surface area contributed by atoms with Gasteiger partial charge in [-0.1, -0.05) is 6.07 Å². The first-order valence-electron chi connectivity index (χ1n) is 9.36. The monoisotopic (exact) mass is 374 g/mol. The molecule has 4 rings (SSSR count). The first kappa shape index (κ1) is 18.0. The number of nitrogens with zero attached hydrogens (tertiary/aromatic N) is 3. The second-order valence-electron chi connectivity index (χ2n) is 7.02. The van der Waals surface area contributed by atoms with Gasteiger partial charge in [-0.05, 0) is 67.8 Å². The Bertz CT molecular complexity index is 1240. The maximum absolute atomic E-state index is 12.8. The number of hydrogen-bond acceptors (Lipinski definition) is 3. The smallest absolute Gasteiger partial charge is 0.276 e. The van der Waals surface area contributed by atoms with Crippen LogP contribution < -0.4 is 10.9 Å². The fourth-order valence-corrected chi connectivity index (χ4v) is 3.43. The van der Waals surface area contributed by atoms with Crippen LogP contribution >= 0.6 is 0 Å². The number of aromatic nitrogens is 3. The van der Waals surface area contributed by atoms with Crippen LogP contribution in [0, 0.1) is 13.8 Å². The quantitative estimate of drug-likeness (QED) is 0.579. The summed E-state index contributed by atoms with van der Waals surface area (Å²) in [6, 6.07) is 13.3. The first-order chi connectivity index (χ1) is 13.5. The van der Waals surface area contributed by atoms with Gasteiger partial charge in [0, 0.05) is 31.0 Å². The molecule has 6 heteroatoms. The van der Waals surface area contributed by atoms with E-state index in [2.05, 4.69) is 10.3 Å². The predicted molar refractivity (Wildman–Crippen MR) is 111 cm³/mol. The summed E-state index contributed by atoms with van der Waals surface area (Å²) < 4.78 is 3.52. The summed E-state index contributed by atoms with van der Waals surface area (Å²) in [5.74, 6) is -0.0580. The molecule has 0 unspecified atom stereocenters. The topological polar surface area (TPSA) is 68.4 Å². The standard InChI is InChI=1S/C22H22N4O2/c1-15-9-10-17(14-16(15)2)24-20(27)8-5-13-26-21-18(6-3-11-23-21)25-12-4-7-19(25)22(26)28/h3-4,6-7,9-12,14H,5,8,13H2,1-2H3,(H,24,27). The largest absolute Gasteiger partial charge is 0.326 e. The van der Waals surface area contributed by atoms with Crippen molar-refractivity contribution >= 4 is 28.3 Å². The molecule has 3 heterocycles. The number of amides is 1. The van der Waals surface area contributed by atoms with Crippen LogP contribution in [0.25, 0.3) is 16.7 Å². The van der Waals surface area contributed by atoms with Crippen molar-refractivity contribution in [1.82, 2.24) is 14.0 Å². The molecule has 0 bridgehead atoms. The van der Waals surface area contributed by atoms with Gasteiger partial charge in [-0.3, -0.25) is 14.2 Å². The lowest BCUT2D eigenvalue weighted by atomic mass is 10.1. The highest BCUT2D eigenvalue weighted by atomic mass is 16.1. The van der Waals surface area contributed by atoms with E-state index in [1.165, 1.54) is 5.56 Å². The zero-order valence-corrected chi connectivity index (χ0v) is 16.0. The van der Waals surface area contributed by atoms with E-state index >= 15 is 0 Å². The van der Waals surface area contributed by atoms with E-state index in [1.54, 1.807) is 16.8 Å². The fraction of sp³-hybridized carbons (Fsp3) is 0.227. The third-order valence-corrected chi connectivity index (χ3v) is 5.07. The number of fused-ring (bicyclic) bond motifs is 3. The number of rotatable bonds is 5. The Morgan fingerprint density at radius 2 is 1.89 bits per heavy atom. The summed E-state index contributed by atoms with van der Waals surface area (Å²) >= 11 is 0. The molecule has 0 saturated carbocycles. The highest BCUT2D eigenvalue weighted by Crippen LogP contribution is 2.16. The van der Waals surface area contributed by atoms with Crippen LogP contribution in [0.2, 0.25) is 0 Å². The van der Waals surface area contributed by atoms with Gasteiger partial charge >= 0.3 is 0 Å². The van der Waals surface area contributed by atoms with Crippen molar-refractivity contribution < 1.29 is 4.79 Å². The number of hydrogen-bond donors (Lipinski definition) is 1. The van der Waals surface area contributed by atoms with Crippen molar-refractivity contribution in [2.45, 2.75) is 33.2 Å². The Hall–Kier alpha value is -3.41. The molecule has 4 aromatic rings. The molecule has 0 atom stereocenters. The van der Waals surface area contributed by atoms with Crippen LogP contribution in [0.3, 0.4) is 0 Å².